The van der Waals surface area contributed by atoms with Gasteiger partial charge in [-0.2, -0.15) is 0 Å². The monoisotopic (exact) mass is 386 g/mol. The van der Waals surface area contributed by atoms with Crippen molar-refractivity contribution in [3.05, 3.63) is 0 Å². The number of nitrogens with zero attached hydrogens (tertiary/aromatic N) is 1. The molecule has 1 heterocycles. The van der Waals surface area contributed by atoms with E-state index in [0.29, 0.717) is 58.7 Å². The SMILES string of the molecule is NCCOCCOCCOCCOC1CCN(C(=O)C2CCCCC2)CC1. The van der Waals surface area contributed by atoms with Crippen molar-refractivity contribution in [2.75, 3.05) is 65.9 Å². The molecule has 0 spiro atoms. The highest BCUT2D eigenvalue weighted by atomic mass is 16.6. The number of amides is 1. The molecule has 2 N–H and O–H groups in total. The molecule has 0 atom stereocenters. The van der Waals surface area contributed by atoms with Crippen LogP contribution in [0, 0.1) is 5.92 Å². The molecule has 158 valence electrons. The lowest BCUT2D eigenvalue weighted by atomic mass is 9.88. The van der Waals surface area contributed by atoms with E-state index in [1.165, 1.54) is 19.3 Å². The number of hydrogen-bond acceptors (Lipinski definition) is 6. The van der Waals surface area contributed by atoms with Crippen LogP contribution in [0.15, 0.2) is 0 Å². The summed E-state index contributed by atoms with van der Waals surface area (Å²) >= 11 is 0. The largest absolute Gasteiger partial charge is 0.378 e. The van der Waals surface area contributed by atoms with E-state index in [1.54, 1.807) is 0 Å². The third kappa shape index (κ3) is 9.34. The average Bonchev–Trinajstić information content (AvgIpc) is 2.72. The highest BCUT2D eigenvalue weighted by Crippen LogP contribution is 2.26. The van der Waals surface area contributed by atoms with Gasteiger partial charge in [0.2, 0.25) is 5.91 Å². The van der Waals surface area contributed by atoms with Crippen LogP contribution in [0.1, 0.15) is 44.9 Å². The van der Waals surface area contributed by atoms with Crippen molar-refractivity contribution < 1.29 is 23.7 Å². The summed E-state index contributed by atoms with van der Waals surface area (Å²) in [6, 6.07) is 0. The van der Waals surface area contributed by atoms with Gasteiger partial charge in [-0.1, -0.05) is 19.3 Å². The number of carbonyl (C=O) groups excluding carboxylic acids is 1. The second kappa shape index (κ2) is 14.3. The average molecular weight is 387 g/mol. The zero-order valence-corrected chi connectivity index (χ0v) is 16.7. The van der Waals surface area contributed by atoms with Gasteiger partial charge < -0.3 is 29.6 Å². The zero-order valence-electron chi connectivity index (χ0n) is 16.7. The van der Waals surface area contributed by atoms with Crippen molar-refractivity contribution in [3.63, 3.8) is 0 Å². The molecule has 0 bridgehead atoms. The Balaban J connectivity index is 1.41. The number of ether oxygens (including phenoxy) is 4. The summed E-state index contributed by atoms with van der Waals surface area (Å²) in [5.74, 6) is 0.656. The molecule has 1 aliphatic heterocycles. The summed E-state index contributed by atoms with van der Waals surface area (Å²) in [6.45, 7) is 6.23. The number of carbonyl (C=O) groups is 1. The first-order chi connectivity index (χ1) is 13.3. The van der Waals surface area contributed by atoms with E-state index in [1.807, 2.05) is 0 Å². The molecule has 0 aromatic carbocycles. The molecule has 1 amide bonds. The molecule has 0 unspecified atom stereocenters. The summed E-state index contributed by atoms with van der Waals surface area (Å²) in [7, 11) is 0. The second-order valence-corrected chi connectivity index (χ2v) is 7.36. The van der Waals surface area contributed by atoms with Gasteiger partial charge in [-0.3, -0.25) is 4.79 Å². The van der Waals surface area contributed by atoms with Crippen LogP contribution in [-0.2, 0) is 23.7 Å². The maximum atomic E-state index is 12.6. The quantitative estimate of drug-likeness (QED) is 0.484. The van der Waals surface area contributed by atoms with Crippen LogP contribution >= 0.6 is 0 Å². The van der Waals surface area contributed by atoms with Gasteiger partial charge in [0.1, 0.15) is 0 Å². The summed E-state index contributed by atoms with van der Waals surface area (Å²) in [5, 5.41) is 0. The predicted molar refractivity (Wildman–Crippen MR) is 104 cm³/mol. The number of hydrogen-bond donors (Lipinski definition) is 1. The standard InChI is InChI=1S/C20H38N2O5/c21-8-11-24-12-13-25-14-15-26-16-17-27-19-6-9-22(10-7-19)20(23)18-4-2-1-3-5-18/h18-19H,1-17,21H2. The Labute approximate surface area is 163 Å². The van der Waals surface area contributed by atoms with Crippen LogP contribution in [0.4, 0.5) is 0 Å². The third-order valence-electron chi connectivity index (χ3n) is 5.30. The molecule has 0 aromatic rings. The molecule has 0 aromatic heterocycles. The Morgan fingerprint density at radius 3 is 1.93 bits per heavy atom. The van der Waals surface area contributed by atoms with Gasteiger partial charge in [0, 0.05) is 25.6 Å². The van der Waals surface area contributed by atoms with Crippen molar-refractivity contribution in [1.82, 2.24) is 4.90 Å². The fraction of sp³-hybridized carbons (Fsp3) is 0.950. The summed E-state index contributed by atoms with van der Waals surface area (Å²) in [4.78, 5) is 14.6. The van der Waals surface area contributed by atoms with Crippen LogP contribution in [0.25, 0.3) is 0 Å². The fourth-order valence-electron chi connectivity index (χ4n) is 3.75. The van der Waals surface area contributed by atoms with Gasteiger partial charge in [-0.05, 0) is 25.7 Å². The van der Waals surface area contributed by atoms with Gasteiger partial charge in [0.05, 0.1) is 52.4 Å². The van der Waals surface area contributed by atoms with E-state index in [4.69, 9.17) is 24.7 Å². The van der Waals surface area contributed by atoms with Gasteiger partial charge in [-0.25, -0.2) is 0 Å². The van der Waals surface area contributed by atoms with E-state index in [0.717, 1.165) is 38.8 Å². The summed E-state index contributed by atoms with van der Waals surface area (Å²) < 4.78 is 22.0. The number of piperidine rings is 1. The van der Waals surface area contributed by atoms with Gasteiger partial charge in [0.25, 0.3) is 0 Å². The highest BCUT2D eigenvalue weighted by molar-refractivity contribution is 5.79. The van der Waals surface area contributed by atoms with Gasteiger partial charge in [0.15, 0.2) is 0 Å². The van der Waals surface area contributed by atoms with E-state index in [2.05, 4.69) is 4.90 Å². The maximum Gasteiger partial charge on any atom is 0.225 e. The Hall–Kier alpha value is -0.730. The summed E-state index contributed by atoms with van der Waals surface area (Å²) in [6.07, 6.45) is 7.99. The molecule has 0 radical (unpaired) electrons. The smallest absolute Gasteiger partial charge is 0.225 e. The first-order valence-corrected chi connectivity index (χ1v) is 10.6. The Morgan fingerprint density at radius 2 is 1.33 bits per heavy atom. The van der Waals surface area contributed by atoms with E-state index in [-0.39, 0.29) is 12.0 Å². The lowest BCUT2D eigenvalue weighted by molar-refractivity contribution is -0.139. The predicted octanol–water partition coefficient (Wildman–Crippen LogP) is 1.58. The molecule has 2 aliphatic rings. The topological polar surface area (TPSA) is 83.2 Å². The molecule has 2 rings (SSSR count). The lowest BCUT2D eigenvalue weighted by Gasteiger charge is -2.35. The van der Waals surface area contributed by atoms with Crippen molar-refractivity contribution in [3.8, 4) is 0 Å². The van der Waals surface area contributed by atoms with Crippen LogP contribution in [-0.4, -0.2) is 82.8 Å². The van der Waals surface area contributed by atoms with Crippen LogP contribution in [0.3, 0.4) is 0 Å². The normalized spacial score (nSPS) is 19.5. The van der Waals surface area contributed by atoms with Gasteiger partial charge >= 0.3 is 0 Å². The minimum Gasteiger partial charge on any atom is -0.378 e. The van der Waals surface area contributed by atoms with Crippen molar-refractivity contribution in [1.29, 1.82) is 0 Å². The van der Waals surface area contributed by atoms with Crippen molar-refractivity contribution in [2.24, 2.45) is 11.7 Å². The molecule has 2 fully saturated rings. The fourth-order valence-corrected chi connectivity index (χ4v) is 3.75. The first kappa shape index (κ1) is 22.6. The maximum absolute atomic E-state index is 12.6. The molecule has 7 nitrogen and oxygen atoms in total. The van der Waals surface area contributed by atoms with Crippen LogP contribution in [0.5, 0.6) is 0 Å². The lowest BCUT2D eigenvalue weighted by Crippen LogP contribution is -2.44. The number of nitrogens with two attached hydrogens (primary N) is 1. The van der Waals surface area contributed by atoms with Crippen LogP contribution in [0.2, 0.25) is 0 Å². The molecule has 1 saturated carbocycles. The Kier molecular flexibility index (Phi) is 11.9. The number of rotatable bonds is 13. The van der Waals surface area contributed by atoms with Crippen molar-refractivity contribution >= 4 is 5.91 Å². The molecule has 7 heteroatoms. The number of likely N-dealkylation sites (tertiary alicyclic amines) is 1. The molecular formula is C20H38N2O5. The van der Waals surface area contributed by atoms with E-state index < -0.39 is 0 Å². The van der Waals surface area contributed by atoms with Crippen molar-refractivity contribution in [2.45, 2.75) is 51.0 Å². The summed E-state index contributed by atoms with van der Waals surface area (Å²) in [5.41, 5.74) is 5.33. The van der Waals surface area contributed by atoms with Crippen LogP contribution < -0.4 is 5.73 Å². The highest BCUT2D eigenvalue weighted by Gasteiger charge is 2.29. The molecule has 1 saturated heterocycles. The van der Waals surface area contributed by atoms with E-state index >= 15 is 0 Å². The minimum absolute atomic E-state index is 0.250. The minimum atomic E-state index is 0.250. The Bertz CT molecular complexity index is 383. The Morgan fingerprint density at radius 1 is 0.778 bits per heavy atom. The second-order valence-electron chi connectivity index (χ2n) is 7.36. The molecule has 27 heavy (non-hydrogen) atoms. The zero-order chi connectivity index (χ0) is 19.2. The molecule has 1 aliphatic carbocycles. The van der Waals surface area contributed by atoms with E-state index in [9.17, 15) is 4.79 Å². The van der Waals surface area contributed by atoms with Gasteiger partial charge in [-0.15, -0.1) is 0 Å². The third-order valence-corrected chi connectivity index (χ3v) is 5.30. The first-order valence-electron chi connectivity index (χ1n) is 10.6. The molecular weight excluding hydrogens is 348 g/mol.